The summed E-state index contributed by atoms with van der Waals surface area (Å²) in [5.41, 5.74) is 1.31. The lowest BCUT2D eigenvalue weighted by Gasteiger charge is -2.06. The predicted molar refractivity (Wildman–Crippen MR) is 80.0 cm³/mol. The minimum atomic E-state index is 0.930. The van der Waals surface area contributed by atoms with Crippen LogP contribution in [0.5, 0.6) is 0 Å². The van der Waals surface area contributed by atoms with Crippen molar-refractivity contribution in [3.05, 3.63) is 45.7 Å². The second-order valence-electron chi connectivity index (χ2n) is 3.58. The first-order valence-corrected chi connectivity index (χ1v) is 7.99. The minimum Gasteiger partial charge on any atom is -0.313 e. The number of hydrogen-bond donors (Lipinski definition) is 1. The van der Waals surface area contributed by atoms with E-state index in [9.17, 15) is 0 Å². The predicted octanol–water partition coefficient (Wildman–Crippen LogP) is 4.77. The number of benzene rings is 1. The highest BCUT2D eigenvalue weighted by Crippen LogP contribution is 2.36. The average Bonchev–Trinajstić information content (AvgIpc) is 2.82. The molecule has 1 aromatic carbocycles. The molecule has 0 bridgehead atoms. The topological polar surface area (TPSA) is 12.0 Å². The Labute approximate surface area is 119 Å². The SMILES string of the molecule is CCNCc1ccc(Sc2cccs2)c(Br)c1. The summed E-state index contributed by atoms with van der Waals surface area (Å²) in [6, 6.07) is 10.8. The van der Waals surface area contributed by atoms with Gasteiger partial charge in [-0.3, -0.25) is 0 Å². The molecule has 0 saturated carbocycles. The van der Waals surface area contributed by atoms with Gasteiger partial charge in [0.25, 0.3) is 0 Å². The van der Waals surface area contributed by atoms with E-state index in [1.807, 2.05) is 0 Å². The summed E-state index contributed by atoms with van der Waals surface area (Å²) < 4.78 is 2.50. The fourth-order valence-corrected chi connectivity index (χ4v) is 3.84. The molecular formula is C13H14BrNS2. The molecule has 0 fully saturated rings. The lowest BCUT2D eigenvalue weighted by atomic mass is 10.2. The fraction of sp³-hybridized carbons (Fsp3) is 0.231. The zero-order chi connectivity index (χ0) is 12.1. The van der Waals surface area contributed by atoms with Crippen LogP contribution in [0.4, 0.5) is 0 Å². The number of hydrogen-bond acceptors (Lipinski definition) is 3. The zero-order valence-electron chi connectivity index (χ0n) is 9.57. The van der Waals surface area contributed by atoms with Crippen molar-refractivity contribution >= 4 is 39.0 Å². The molecule has 1 heterocycles. The molecule has 0 spiro atoms. The first kappa shape index (κ1) is 13.1. The molecule has 0 aliphatic rings. The summed E-state index contributed by atoms with van der Waals surface area (Å²) >= 11 is 7.22. The summed E-state index contributed by atoms with van der Waals surface area (Å²) in [7, 11) is 0. The van der Waals surface area contributed by atoms with Gasteiger partial charge in [-0.15, -0.1) is 11.3 Å². The van der Waals surface area contributed by atoms with E-state index < -0.39 is 0 Å². The van der Waals surface area contributed by atoms with Crippen LogP contribution < -0.4 is 5.32 Å². The van der Waals surface area contributed by atoms with Crippen LogP contribution in [0.1, 0.15) is 12.5 Å². The van der Waals surface area contributed by atoms with Crippen molar-refractivity contribution < 1.29 is 0 Å². The number of thiophene rings is 1. The second-order valence-corrected chi connectivity index (χ2v) is 6.72. The van der Waals surface area contributed by atoms with E-state index in [1.54, 1.807) is 23.1 Å². The zero-order valence-corrected chi connectivity index (χ0v) is 12.8. The van der Waals surface area contributed by atoms with Gasteiger partial charge < -0.3 is 5.32 Å². The Bertz CT molecular complexity index is 468. The van der Waals surface area contributed by atoms with E-state index in [1.165, 1.54) is 19.1 Å². The van der Waals surface area contributed by atoms with Gasteiger partial charge >= 0.3 is 0 Å². The van der Waals surface area contributed by atoms with E-state index in [0.717, 1.165) is 13.1 Å². The van der Waals surface area contributed by atoms with Crippen molar-refractivity contribution in [2.45, 2.75) is 22.6 Å². The van der Waals surface area contributed by atoms with Crippen LogP contribution in [0.15, 0.2) is 49.3 Å². The Hall–Kier alpha value is -0.290. The van der Waals surface area contributed by atoms with Crippen LogP contribution in [-0.4, -0.2) is 6.54 Å². The van der Waals surface area contributed by atoms with Gasteiger partial charge in [0.15, 0.2) is 0 Å². The maximum Gasteiger partial charge on any atom is 0.0646 e. The van der Waals surface area contributed by atoms with Gasteiger partial charge in [-0.05, 0) is 51.6 Å². The van der Waals surface area contributed by atoms with Crippen molar-refractivity contribution in [2.75, 3.05) is 6.54 Å². The van der Waals surface area contributed by atoms with Crippen LogP contribution in [0.2, 0.25) is 0 Å². The van der Waals surface area contributed by atoms with Gasteiger partial charge in [0.1, 0.15) is 0 Å². The molecule has 1 N–H and O–H groups in total. The molecule has 90 valence electrons. The molecule has 0 radical (unpaired) electrons. The Morgan fingerprint density at radius 3 is 2.88 bits per heavy atom. The van der Waals surface area contributed by atoms with Crippen LogP contribution in [0, 0.1) is 0 Å². The maximum absolute atomic E-state index is 3.64. The van der Waals surface area contributed by atoms with Gasteiger partial charge in [-0.2, -0.15) is 0 Å². The monoisotopic (exact) mass is 327 g/mol. The fourth-order valence-electron chi connectivity index (χ4n) is 1.44. The smallest absolute Gasteiger partial charge is 0.0646 e. The van der Waals surface area contributed by atoms with E-state index in [2.05, 4.69) is 63.9 Å². The van der Waals surface area contributed by atoms with Crippen LogP contribution >= 0.6 is 39.0 Å². The lowest BCUT2D eigenvalue weighted by molar-refractivity contribution is 0.726. The lowest BCUT2D eigenvalue weighted by Crippen LogP contribution is -2.11. The first-order valence-electron chi connectivity index (χ1n) is 5.50. The molecule has 1 nitrogen and oxygen atoms in total. The average molecular weight is 328 g/mol. The second kappa shape index (κ2) is 6.59. The van der Waals surface area contributed by atoms with Gasteiger partial charge in [-0.1, -0.05) is 30.8 Å². The molecular weight excluding hydrogens is 314 g/mol. The Balaban J connectivity index is 2.09. The van der Waals surface area contributed by atoms with Crippen molar-refractivity contribution in [3.63, 3.8) is 0 Å². The van der Waals surface area contributed by atoms with E-state index in [-0.39, 0.29) is 0 Å². The molecule has 1 aromatic heterocycles. The minimum absolute atomic E-state index is 0.930. The van der Waals surface area contributed by atoms with Crippen LogP contribution in [0.3, 0.4) is 0 Å². The molecule has 0 amide bonds. The van der Waals surface area contributed by atoms with Crippen LogP contribution in [0.25, 0.3) is 0 Å². The molecule has 0 aliphatic heterocycles. The molecule has 17 heavy (non-hydrogen) atoms. The van der Waals surface area contributed by atoms with Gasteiger partial charge in [0.2, 0.25) is 0 Å². The quantitative estimate of drug-likeness (QED) is 0.848. The highest BCUT2D eigenvalue weighted by molar-refractivity contribution is 9.10. The van der Waals surface area contributed by atoms with Crippen molar-refractivity contribution in [1.82, 2.24) is 5.32 Å². The first-order chi connectivity index (χ1) is 8.29. The van der Waals surface area contributed by atoms with Crippen molar-refractivity contribution in [3.8, 4) is 0 Å². The summed E-state index contributed by atoms with van der Waals surface area (Å²) in [5.74, 6) is 0. The molecule has 0 unspecified atom stereocenters. The highest BCUT2D eigenvalue weighted by Gasteiger charge is 2.04. The normalized spacial score (nSPS) is 10.7. The summed E-state index contributed by atoms with van der Waals surface area (Å²) in [5, 5.41) is 5.44. The van der Waals surface area contributed by atoms with Crippen molar-refractivity contribution in [1.29, 1.82) is 0 Å². The summed E-state index contributed by atoms with van der Waals surface area (Å²) in [6.45, 7) is 4.05. The van der Waals surface area contributed by atoms with E-state index in [4.69, 9.17) is 0 Å². The standard InChI is InChI=1S/C13H14BrNS2/c1-2-15-9-10-5-6-12(11(14)8-10)17-13-4-3-7-16-13/h3-8,15H,2,9H2,1H3. The molecule has 4 heteroatoms. The Morgan fingerprint density at radius 1 is 1.35 bits per heavy atom. The van der Waals surface area contributed by atoms with E-state index >= 15 is 0 Å². The third-order valence-corrected chi connectivity index (χ3v) is 5.31. The summed E-state index contributed by atoms with van der Waals surface area (Å²) in [4.78, 5) is 1.27. The van der Waals surface area contributed by atoms with E-state index in [0.29, 0.717) is 0 Å². The number of halogens is 1. The molecule has 2 rings (SSSR count). The Kier molecular flexibility index (Phi) is 5.10. The van der Waals surface area contributed by atoms with Crippen molar-refractivity contribution in [2.24, 2.45) is 0 Å². The van der Waals surface area contributed by atoms with Gasteiger partial charge in [0, 0.05) is 15.9 Å². The molecule has 0 saturated heterocycles. The highest BCUT2D eigenvalue weighted by atomic mass is 79.9. The number of rotatable bonds is 5. The largest absolute Gasteiger partial charge is 0.313 e. The molecule has 2 aromatic rings. The number of nitrogens with one attached hydrogen (secondary N) is 1. The third-order valence-electron chi connectivity index (χ3n) is 2.28. The van der Waals surface area contributed by atoms with Gasteiger partial charge in [0.05, 0.1) is 4.21 Å². The Morgan fingerprint density at radius 2 is 2.24 bits per heavy atom. The maximum atomic E-state index is 3.64. The van der Waals surface area contributed by atoms with Crippen LogP contribution in [-0.2, 0) is 6.54 Å². The molecule has 0 atom stereocenters. The summed E-state index contributed by atoms with van der Waals surface area (Å²) in [6.07, 6.45) is 0. The third kappa shape index (κ3) is 3.85. The van der Waals surface area contributed by atoms with Gasteiger partial charge in [-0.25, -0.2) is 0 Å². The molecule has 0 aliphatic carbocycles.